The molecule has 33 heavy (non-hydrogen) atoms. The van der Waals surface area contributed by atoms with Gasteiger partial charge in [-0.2, -0.15) is 0 Å². The van der Waals surface area contributed by atoms with E-state index in [-0.39, 0.29) is 31.3 Å². The maximum Gasteiger partial charge on any atom is 0.251 e. The van der Waals surface area contributed by atoms with Gasteiger partial charge in [-0.1, -0.05) is 6.07 Å². The van der Waals surface area contributed by atoms with Gasteiger partial charge in [-0.3, -0.25) is 14.6 Å². The third-order valence-electron chi connectivity index (χ3n) is 5.57. The van der Waals surface area contributed by atoms with Crippen LogP contribution < -0.4 is 10.2 Å². The molecule has 1 aliphatic rings. The first-order valence-electron chi connectivity index (χ1n) is 10.5. The first kappa shape index (κ1) is 20.8. The number of benzene rings is 2. The van der Waals surface area contributed by atoms with E-state index in [2.05, 4.69) is 10.3 Å². The predicted octanol–water partition coefficient (Wildman–Crippen LogP) is 4.52. The van der Waals surface area contributed by atoms with Crippen LogP contribution in [-0.2, 0) is 24.3 Å². The standard InChI is InChI=1S/C25H19F2N3O3/c26-18-8-15(9-19(27)11-18)14-30-22-10-17(4-3-16(22)5-6-24(30)31)25(32)29-13-20-12-21-23(33-20)2-1-7-28-21/h1-4,7-12H,5-6,13-14H2,(H,29,32). The van der Waals surface area contributed by atoms with E-state index in [1.807, 2.05) is 0 Å². The lowest BCUT2D eigenvalue weighted by molar-refractivity contribution is -0.119. The van der Waals surface area contributed by atoms with Crippen molar-refractivity contribution in [1.82, 2.24) is 10.3 Å². The van der Waals surface area contributed by atoms with Crippen LogP contribution in [0.2, 0.25) is 0 Å². The largest absolute Gasteiger partial charge is 0.457 e. The van der Waals surface area contributed by atoms with E-state index in [4.69, 9.17) is 4.42 Å². The van der Waals surface area contributed by atoms with Gasteiger partial charge in [-0.15, -0.1) is 0 Å². The van der Waals surface area contributed by atoms with Crippen LogP contribution in [-0.4, -0.2) is 16.8 Å². The van der Waals surface area contributed by atoms with E-state index in [9.17, 15) is 18.4 Å². The minimum Gasteiger partial charge on any atom is -0.457 e. The number of carbonyl (C=O) groups excluding carboxylic acids is 2. The molecule has 0 unspecified atom stereocenters. The molecule has 1 N–H and O–H groups in total. The number of anilines is 1. The van der Waals surface area contributed by atoms with Crippen LogP contribution in [0.5, 0.6) is 0 Å². The molecule has 0 fully saturated rings. The van der Waals surface area contributed by atoms with Crippen molar-refractivity contribution < 1.29 is 22.8 Å². The number of aryl methyl sites for hydroxylation is 1. The Balaban J connectivity index is 1.36. The Labute approximate surface area is 187 Å². The number of furan rings is 1. The maximum absolute atomic E-state index is 13.6. The summed E-state index contributed by atoms with van der Waals surface area (Å²) in [6.07, 6.45) is 2.49. The number of rotatable bonds is 5. The third-order valence-corrected chi connectivity index (χ3v) is 5.57. The number of carbonyl (C=O) groups is 2. The average Bonchev–Trinajstić information content (AvgIpc) is 3.21. The first-order chi connectivity index (χ1) is 16.0. The molecule has 2 aromatic carbocycles. The number of fused-ring (bicyclic) bond motifs is 2. The molecule has 0 saturated heterocycles. The lowest BCUT2D eigenvalue weighted by atomic mass is 9.98. The topological polar surface area (TPSA) is 75.4 Å². The number of amides is 2. The van der Waals surface area contributed by atoms with E-state index < -0.39 is 11.6 Å². The van der Waals surface area contributed by atoms with E-state index in [0.717, 1.165) is 11.6 Å². The summed E-state index contributed by atoms with van der Waals surface area (Å²) in [5.41, 5.74) is 3.51. The molecule has 1 aliphatic heterocycles. The van der Waals surface area contributed by atoms with E-state index in [1.54, 1.807) is 42.6 Å². The molecule has 0 aliphatic carbocycles. The Kier molecular flexibility index (Phi) is 5.34. The van der Waals surface area contributed by atoms with Crippen LogP contribution in [0.4, 0.5) is 14.5 Å². The number of hydrogen-bond donors (Lipinski definition) is 1. The third kappa shape index (κ3) is 4.32. The summed E-state index contributed by atoms with van der Waals surface area (Å²) in [5, 5.41) is 2.81. The van der Waals surface area contributed by atoms with Crippen LogP contribution >= 0.6 is 0 Å². The average molecular weight is 447 g/mol. The smallest absolute Gasteiger partial charge is 0.251 e. The summed E-state index contributed by atoms with van der Waals surface area (Å²) >= 11 is 0. The van der Waals surface area contributed by atoms with Crippen LogP contribution in [0, 0.1) is 11.6 Å². The molecule has 2 aromatic heterocycles. The monoisotopic (exact) mass is 447 g/mol. The zero-order valence-corrected chi connectivity index (χ0v) is 17.5. The fourth-order valence-corrected chi connectivity index (χ4v) is 4.01. The lowest BCUT2D eigenvalue weighted by Gasteiger charge is -2.30. The molecule has 0 radical (unpaired) electrons. The first-order valence-corrected chi connectivity index (χ1v) is 10.5. The van der Waals surface area contributed by atoms with Gasteiger partial charge in [0.2, 0.25) is 5.91 Å². The van der Waals surface area contributed by atoms with Crippen LogP contribution in [0.15, 0.2) is 65.2 Å². The fraction of sp³-hybridized carbons (Fsp3) is 0.160. The molecule has 3 heterocycles. The van der Waals surface area contributed by atoms with Gasteiger partial charge in [0.25, 0.3) is 5.91 Å². The van der Waals surface area contributed by atoms with Gasteiger partial charge in [0.05, 0.1) is 13.1 Å². The number of pyridine rings is 1. The molecule has 0 spiro atoms. The second kappa shape index (κ2) is 8.46. The van der Waals surface area contributed by atoms with E-state index >= 15 is 0 Å². The zero-order chi connectivity index (χ0) is 22.9. The number of aromatic nitrogens is 1. The van der Waals surface area contributed by atoms with Crippen LogP contribution in [0.25, 0.3) is 11.1 Å². The Morgan fingerprint density at radius 3 is 2.67 bits per heavy atom. The molecule has 5 rings (SSSR count). The summed E-state index contributed by atoms with van der Waals surface area (Å²) < 4.78 is 32.9. The number of halogens is 2. The Morgan fingerprint density at radius 1 is 1.06 bits per heavy atom. The summed E-state index contributed by atoms with van der Waals surface area (Å²) in [4.78, 5) is 31.1. The Hall–Kier alpha value is -4.07. The fourth-order valence-electron chi connectivity index (χ4n) is 4.01. The van der Waals surface area contributed by atoms with Crippen molar-refractivity contribution in [2.45, 2.75) is 25.9 Å². The molecular formula is C25H19F2N3O3. The number of nitrogens with zero attached hydrogens (tertiary/aromatic N) is 2. The molecule has 8 heteroatoms. The van der Waals surface area contributed by atoms with Gasteiger partial charge in [-0.25, -0.2) is 8.78 Å². The molecule has 166 valence electrons. The van der Waals surface area contributed by atoms with E-state index in [1.165, 1.54) is 17.0 Å². The van der Waals surface area contributed by atoms with Gasteiger partial charge < -0.3 is 14.6 Å². The lowest BCUT2D eigenvalue weighted by Crippen LogP contribution is -2.35. The molecule has 0 bridgehead atoms. The van der Waals surface area contributed by atoms with Crippen molar-refractivity contribution in [3.05, 3.63) is 94.9 Å². The minimum atomic E-state index is -0.705. The van der Waals surface area contributed by atoms with Crippen molar-refractivity contribution in [3.8, 4) is 0 Å². The van der Waals surface area contributed by atoms with Gasteiger partial charge in [0.1, 0.15) is 22.9 Å². The molecule has 6 nitrogen and oxygen atoms in total. The molecule has 4 aromatic rings. The summed E-state index contributed by atoms with van der Waals surface area (Å²) in [5.74, 6) is -1.34. The van der Waals surface area contributed by atoms with E-state index in [0.29, 0.717) is 40.1 Å². The van der Waals surface area contributed by atoms with Crippen LogP contribution in [0.3, 0.4) is 0 Å². The highest BCUT2D eigenvalue weighted by molar-refractivity contribution is 6.00. The summed E-state index contributed by atoms with van der Waals surface area (Å²) in [6, 6.07) is 13.7. The molecular weight excluding hydrogens is 428 g/mol. The van der Waals surface area contributed by atoms with Crippen molar-refractivity contribution >= 4 is 28.6 Å². The number of hydrogen-bond acceptors (Lipinski definition) is 4. The maximum atomic E-state index is 13.6. The highest BCUT2D eigenvalue weighted by Crippen LogP contribution is 2.31. The Bertz CT molecular complexity index is 1330. The van der Waals surface area contributed by atoms with Crippen molar-refractivity contribution in [2.24, 2.45) is 0 Å². The van der Waals surface area contributed by atoms with Crippen LogP contribution in [0.1, 0.15) is 33.7 Å². The summed E-state index contributed by atoms with van der Waals surface area (Å²) in [7, 11) is 0. The highest BCUT2D eigenvalue weighted by atomic mass is 19.1. The van der Waals surface area contributed by atoms with Crippen molar-refractivity contribution in [2.75, 3.05) is 4.90 Å². The van der Waals surface area contributed by atoms with Gasteiger partial charge in [0, 0.05) is 36.0 Å². The minimum absolute atomic E-state index is 0.0115. The zero-order valence-electron chi connectivity index (χ0n) is 17.5. The SMILES string of the molecule is O=C(NCc1cc2ncccc2o1)c1ccc2c(c1)N(Cc1cc(F)cc(F)c1)C(=O)CC2. The molecule has 0 saturated carbocycles. The quantitative estimate of drug-likeness (QED) is 0.488. The second-order valence-electron chi connectivity index (χ2n) is 7.88. The number of nitrogens with one attached hydrogen (secondary N) is 1. The second-order valence-corrected chi connectivity index (χ2v) is 7.88. The highest BCUT2D eigenvalue weighted by Gasteiger charge is 2.25. The van der Waals surface area contributed by atoms with Gasteiger partial charge in [0.15, 0.2) is 5.58 Å². The molecule has 2 amide bonds. The molecule has 0 atom stereocenters. The summed E-state index contributed by atoms with van der Waals surface area (Å²) in [6.45, 7) is 0.190. The Morgan fingerprint density at radius 2 is 1.88 bits per heavy atom. The van der Waals surface area contributed by atoms with Gasteiger partial charge in [-0.05, 0) is 53.9 Å². The normalized spacial score (nSPS) is 13.3. The predicted molar refractivity (Wildman–Crippen MR) is 117 cm³/mol. The van der Waals surface area contributed by atoms with Crippen molar-refractivity contribution in [3.63, 3.8) is 0 Å². The van der Waals surface area contributed by atoms with Crippen molar-refractivity contribution in [1.29, 1.82) is 0 Å². The van der Waals surface area contributed by atoms with Gasteiger partial charge >= 0.3 is 0 Å².